The first-order chi connectivity index (χ1) is 8.99. The number of rotatable bonds is 2. The van der Waals surface area contributed by atoms with Gasteiger partial charge in [0.15, 0.2) is 0 Å². The van der Waals surface area contributed by atoms with Crippen molar-refractivity contribution in [3.8, 4) is 0 Å². The smallest absolute Gasteiger partial charge is 0.245 e. The predicted octanol–water partition coefficient (Wildman–Crippen LogP) is 1.94. The van der Waals surface area contributed by atoms with Gasteiger partial charge in [0.2, 0.25) is 11.8 Å². The molecule has 1 aliphatic carbocycles. The third kappa shape index (κ3) is 3.28. The largest absolute Gasteiger partial charge is 0.344 e. The molecule has 1 saturated carbocycles. The lowest BCUT2D eigenvalue weighted by Gasteiger charge is -2.37. The number of carbonyl (C=O) groups excluding carboxylic acids is 2. The molecule has 4 heteroatoms. The van der Waals surface area contributed by atoms with Crippen molar-refractivity contribution in [1.29, 1.82) is 0 Å². The quantitative estimate of drug-likeness (QED) is 0.830. The van der Waals surface area contributed by atoms with Gasteiger partial charge in [-0.05, 0) is 24.7 Å². The van der Waals surface area contributed by atoms with E-state index in [0.29, 0.717) is 24.9 Å². The SMILES string of the molecule is CC1CCCC(N2CCC(=O)NC(C(C)C)C2=O)C1. The Morgan fingerprint density at radius 2 is 2.00 bits per heavy atom. The fraction of sp³-hybridized carbons (Fsp3) is 0.867. The van der Waals surface area contributed by atoms with Gasteiger partial charge in [0.25, 0.3) is 0 Å². The van der Waals surface area contributed by atoms with E-state index in [1.54, 1.807) is 0 Å². The molecular formula is C15H26N2O2. The lowest BCUT2D eigenvalue weighted by molar-refractivity contribution is -0.137. The molecule has 0 aromatic carbocycles. The zero-order valence-electron chi connectivity index (χ0n) is 12.3. The van der Waals surface area contributed by atoms with E-state index in [0.717, 1.165) is 12.8 Å². The standard InChI is InChI=1S/C15H26N2O2/c1-10(2)14-15(19)17(8-7-13(18)16-14)12-6-4-5-11(3)9-12/h10-12,14H,4-9H2,1-3H3,(H,16,18). The minimum atomic E-state index is -0.341. The predicted molar refractivity (Wildman–Crippen MR) is 74.5 cm³/mol. The summed E-state index contributed by atoms with van der Waals surface area (Å²) in [5.41, 5.74) is 0. The maximum atomic E-state index is 12.6. The van der Waals surface area contributed by atoms with E-state index in [9.17, 15) is 9.59 Å². The third-order valence-corrected chi connectivity index (χ3v) is 4.46. The lowest BCUT2D eigenvalue weighted by atomic mass is 9.85. The van der Waals surface area contributed by atoms with Gasteiger partial charge in [0.1, 0.15) is 6.04 Å². The zero-order chi connectivity index (χ0) is 14.0. The summed E-state index contributed by atoms with van der Waals surface area (Å²) < 4.78 is 0. The zero-order valence-corrected chi connectivity index (χ0v) is 12.3. The van der Waals surface area contributed by atoms with Crippen molar-refractivity contribution in [2.24, 2.45) is 11.8 Å². The second kappa shape index (κ2) is 5.93. The van der Waals surface area contributed by atoms with Crippen molar-refractivity contribution in [2.45, 2.75) is 65.0 Å². The van der Waals surface area contributed by atoms with Gasteiger partial charge >= 0.3 is 0 Å². The van der Waals surface area contributed by atoms with Crippen molar-refractivity contribution in [3.05, 3.63) is 0 Å². The average Bonchev–Trinajstić information content (AvgIpc) is 2.49. The van der Waals surface area contributed by atoms with E-state index >= 15 is 0 Å². The second-order valence-electron chi connectivity index (χ2n) is 6.50. The van der Waals surface area contributed by atoms with Crippen LogP contribution in [0.2, 0.25) is 0 Å². The van der Waals surface area contributed by atoms with E-state index < -0.39 is 0 Å². The highest BCUT2D eigenvalue weighted by Crippen LogP contribution is 2.29. The van der Waals surface area contributed by atoms with Gasteiger partial charge in [-0.1, -0.05) is 33.6 Å². The van der Waals surface area contributed by atoms with Crippen LogP contribution in [-0.2, 0) is 9.59 Å². The molecule has 1 heterocycles. The normalized spacial score (nSPS) is 33.3. The molecule has 1 saturated heterocycles. The molecule has 0 radical (unpaired) electrons. The van der Waals surface area contributed by atoms with Crippen molar-refractivity contribution >= 4 is 11.8 Å². The summed E-state index contributed by atoms with van der Waals surface area (Å²) in [4.78, 5) is 26.4. The van der Waals surface area contributed by atoms with Crippen LogP contribution in [0, 0.1) is 11.8 Å². The van der Waals surface area contributed by atoms with Gasteiger partial charge in [-0.15, -0.1) is 0 Å². The molecule has 0 aromatic heterocycles. The number of nitrogens with zero attached hydrogens (tertiary/aromatic N) is 1. The van der Waals surface area contributed by atoms with Crippen molar-refractivity contribution in [2.75, 3.05) is 6.54 Å². The molecule has 0 aromatic rings. The van der Waals surface area contributed by atoms with Crippen LogP contribution < -0.4 is 5.32 Å². The van der Waals surface area contributed by atoms with Gasteiger partial charge in [0.05, 0.1) is 0 Å². The second-order valence-corrected chi connectivity index (χ2v) is 6.50. The van der Waals surface area contributed by atoms with Gasteiger partial charge in [0, 0.05) is 19.0 Å². The molecule has 0 spiro atoms. The molecule has 19 heavy (non-hydrogen) atoms. The number of amides is 2. The number of nitrogens with one attached hydrogen (secondary N) is 1. The fourth-order valence-electron chi connectivity index (χ4n) is 3.32. The number of hydrogen-bond donors (Lipinski definition) is 1. The molecule has 1 N–H and O–H groups in total. The summed E-state index contributed by atoms with van der Waals surface area (Å²) in [6.45, 7) is 6.84. The summed E-state index contributed by atoms with van der Waals surface area (Å²) in [6, 6.07) is -0.00238. The minimum Gasteiger partial charge on any atom is -0.344 e. The fourth-order valence-corrected chi connectivity index (χ4v) is 3.32. The van der Waals surface area contributed by atoms with Crippen LogP contribution in [0.1, 0.15) is 52.9 Å². The van der Waals surface area contributed by atoms with Crippen molar-refractivity contribution in [1.82, 2.24) is 10.2 Å². The molecule has 2 fully saturated rings. The maximum Gasteiger partial charge on any atom is 0.245 e. The van der Waals surface area contributed by atoms with E-state index in [1.165, 1.54) is 12.8 Å². The summed E-state index contributed by atoms with van der Waals surface area (Å²) in [5, 5.41) is 2.88. The van der Waals surface area contributed by atoms with Crippen LogP contribution in [0.25, 0.3) is 0 Å². The van der Waals surface area contributed by atoms with Crippen LogP contribution in [0.3, 0.4) is 0 Å². The molecule has 2 aliphatic rings. The number of carbonyl (C=O) groups is 2. The lowest BCUT2D eigenvalue weighted by Crippen LogP contribution is -2.51. The van der Waals surface area contributed by atoms with E-state index in [4.69, 9.17) is 0 Å². The summed E-state index contributed by atoms with van der Waals surface area (Å²) >= 11 is 0. The molecule has 2 amide bonds. The molecule has 4 nitrogen and oxygen atoms in total. The van der Waals surface area contributed by atoms with Crippen LogP contribution >= 0.6 is 0 Å². The Labute approximate surface area is 115 Å². The molecular weight excluding hydrogens is 240 g/mol. The van der Waals surface area contributed by atoms with Crippen molar-refractivity contribution < 1.29 is 9.59 Å². The summed E-state index contributed by atoms with van der Waals surface area (Å²) in [5.74, 6) is 0.979. The molecule has 3 unspecified atom stereocenters. The van der Waals surface area contributed by atoms with Gasteiger partial charge in [-0.25, -0.2) is 0 Å². The molecule has 108 valence electrons. The Morgan fingerprint density at radius 3 is 2.63 bits per heavy atom. The van der Waals surface area contributed by atoms with Gasteiger partial charge in [-0.2, -0.15) is 0 Å². The first-order valence-electron chi connectivity index (χ1n) is 7.59. The van der Waals surface area contributed by atoms with Gasteiger partial charge in [-0.3, -0.25) is 9.59 Å². The topological polar surface area (TPSA) is 49.4 Å². The van der Waals surface area contributed by atoms with Crippen LogP contribution in [0.15, 0.2) is 0 Å². The monoisotopic (exact) mass is 266 g/mol. The Balaban J connectivity index is 2.13. The van der Waals surface area contributed by atoms with Crippen LogP contribution in [0.4, 0.5) is 0 Å². The van der Waals surface area contributed by atoms with Crippen LogP contribution in [0.5, 0.6) is 0 Å². The number of hydrogen-bond acceptors (Lipinski definition) is 2. The first-order valence-corrected chi connectivity index (χ1v) is 7.59. The Kier molecular flexibility index (Phi) is 4.48. The van der Waals surface area contributed by atoms with E-state index in [2.05, 4.69) is 12.2 Å². The summed E-state index contributed by atoms with van der Waals surface area (Å²) in [6.07, 6.45) is 5.09. The highest BCUT2D eigenvalue weighted by molar-refractivity contribution is 5.90. The van der Waals surface area contributed by atoms with E-state index in [-0.39, 0.29) is 23.8 Å². The minimum absolute atomic E-state index is 0.0124. The molecule has 1 aliphatic heterocycles. The summed E-state index contributed by atoms with van der Waals surface area (Å²) in [7, 11) is 0. The molecule has 3 atom stereocenters. The molecule has 2 rings (SSSR count). The third-order valence-electron chi connectivity index (χ3n) is 4.46. The Bertz CT molecular complexity index is 354. The van der Waals surface area contributed by atoms with E-state index in [1.807, 2.05) is 18.7 Å². The van der Waals surface area contributed by atoms with Crippen molar-refractivity contribution in [3.63, 3.8) is 0 Å². The molecule has 0 bridgehead atoms. The van der Waals surface area contributed by atoms with Crippen LogP contribution in [-0.4, -0.2) is 35.3 Å². The first kappa shape index (κ1) is 14.4. The Morgan fingerprint density at radius 1 is 1.26 bits per heavy atom. The highest BCUT2D eigenvalue weighted by atomic mass is 16.2. The Hall–Kier alpha value is -1.06. The average molecular weight is 266 g/mol. The highest BCUT2D eigenvalue weighted by Gasteiger charge is 2.36. The van der Waals surface area contributed by atoms with Gasteiger partial charge < -0.3 is 10.2 Å². The maximum absolute atomic E-state index is 12.6.